The van der Waals surface area contributed by atoms with Gasteiger partial charge in [-0.25, -0.2) is 4.90 Å². The third-order valence-corrected chi connectivity index (χ3v) is 6.34. The predicted molar refractivity (Wildman–Crippen MR) is 117 cm³/mol. The van der Waals surface area contributed by atoms with E-state index in [9.17, 15) is 9.59 Å². The average molecular weight is 401 g/mol. The van der Waals surface area contributed by atoms with Gasteiger partial charge >= 0.3 is 0 Å². The summed E-state index contributed by atoms with van der Waals surface area (Å²) in [6.45, 7) is 4.66. The number of hydrogen-bond donors (Lipinski definition) is 0. The molecule has 29 heavy (non-hydrogen) atoms. The van der Waals surface area contributed by atoms with Gasteiger partial charge in [0, 0.05) is 17.1 Å². The molecule has 3 heterocycles. The molecule has 1 aromatic heterocycles. The van der Waals surface area contributed by atoms with Crippen LogP contribution in [0.25, 0.3) is 5.57 Å². The Labute approximate surface area is 173 Å². The van der Waals surface area contributed by atoms with Gasteiger partial charge in [0.1, 0.15) is 5.70 Å². The summed E-state index contributed by atoms with van der Waals surface area (Å²) in [6, 6.07) is 17.8. The molecule has 5 heteroatoms. The lowest BCUT2D eigenvalue weighted by atomic mass is 10.1. The molecular weight excluding hydrogens is 380 g/mol. The molecule has 0 fully saturated rings. The fourth-order valence-corrected chi connectivity index (χ4v) is 5.06. The second-order valence-electron chi connectivity index (χ2n) is 7.52. The molecule has 5 rings (SSSR count). The van der Waals surface area contributed by atoms with Crippen LogP contribution in [-0.4, -0.2) is 18.4 Å². The number of nitrogens with zero attached hydrogens (tertiary/aromatic N) is 2. The highest BCUT2D eigenvalue weighted by molar-refractivity contribution is 7.11. The minimum Gasteiger partial charge on any atom is -0.336 e. The van der Waals surface area contributed by atoms with Crippen molar-refractivity contribution in [3.05, 3.63) is 87.2 Å². The van der Waals surface area contributed by atoms with Crippen LogP contribution < -0.4 is 9.80 Å². The number of amides is 2. The Morgan fingerprint density at radius 3 is 2.38 bits per heavy atom. The first-order chi connectivity index (χ1) is 14.0. The van der Waals surface area contributed by atoms with E-state index < -0.39 is 0 Å². The quantitative estimate of drug-likeness (QED) is 0.598. The number of fused-ring (bicyclic) bond motifs is 1. The molecule has 3 aromatic rings. The number of anilines is 2. The third-order valence-electron chi connectivity index (χ3n) is 5.45. The van der Waals surface area contributed by atoms with Crippen molar-refractivity contribution in [1.29, 1.82) is 0 Å². The van der Waals surface area contributed by atoms with Gasteiger partial charge in [-0.3, -0.25) is 9.59 Å². The predicted octanol–water partition coefficient (Wildman–Crippen LogP) is 4.71. The molecular formula is C24H20N2O2S. The largest absolute Gasteiger partial charge is 0.336 e. The van der Waals surface area contributed by atoms with Crippen LogP contribution in [0.3, 0.4) is 0 Å². The number of benzene rings is 2. The molecule has 0 bridgehead atoms. The van der Waals surface area contributed by atoms with Crippen molar-refractivity contribution in [2.75, 3.05) is 16.3 Å². The monoisotopic (exact) mass is 400 g/mol. The van der Waals surface area contributed by atoms with Gasteiger partial charge in [-0.1, -0.05) is 30.3 Å². The minimum absolute atomic E-state index is 0.248. The highest BCUT2D eigenvalue weighted by atomic mass is 32.1. The van der Waals surface area contributed by atoms with Crippen LogP contribution in [0.5, 0.6) is 0 Å². The van der Waals surface area contributed by atoms with Crippen molar-refractivity contribution in [1.82, 2.24) is 0 Å². The summed E-state index contributed by atoms with van der Waals surface area (Å²) in [7, 11) is 0. The summed E-state index contributed by atoms with van der Waals surface area (Å²) >= 11 is 1.49. The lowest BCUT2D eigenvalue weighted by molar-refractivity contribution is -0.120. The van der Waals surface area contributed by atoms with E-state index in [2.05, 4.69) is 6.07 Å². The molecule has 4 nitrogen and oxygen atoms in total. The number of para-hydroxylation sites is 1. The second-order valence-corrected chi connectivity index (χ2v) is 8.47. The fourth-order valence-electron chi connectivity index (χ4n) is 4.30. The van der Waals surface area contributed by atoms with E-state index in [1.165, 1.54) is 21.8 Å². The zero-order chi connectivity index (χ0) is 20.1. The van der Waals surface area contributed by atoms with Crippen LogP contribution >= 0.6 is 11.3 Å². The summed E-state index contributed by atoms with van der Waals surface area (Å²) in [4.78, 5) is 31.4. The first-order valence-electron chi connectivity index (χ1n) is 9.65. The molecule has 0 radical (unpaired) electrons. The van der Waals surface area contributed by atoms with Crippen molar-refractivity contribution in [2.24, 2.45) is 0 Å². The number of carbonyl (C=O) groups excluding carboxylic acids is 2. The SMILES string of the molecule is Cc1cc(C)cc(N2C(=O)C(c3cccs3)=C(N3CCc4ccccc43)C2=O)c1. The molecule has 0 atom stereocenters. The Morgan fingerprint density at radius 2 is 1.66 bits per heavy atom. The van der Waals surface area contributed by atoms with Gasteiger partial charge in [0.05, 0.1) is 11.3 Å². The summed E-state index contributed by atoms with van der Waals surface area (Å²) in [5, 5.41) is 1.94. The van der Waals surface area contributed by atoms with Gasteiger partial charge < -0.3 is 4.90 Å². The second kappa shape index (κ2) is 6.71. The van der Waals surface area contributed by atoms with Crippen LogP contribution in [0, 0.1) is 13.8 Å². The molecule has 2 aromatic carbocycles. The number of aryl methyl sites for hydroxylation is 2. The van der Waals surface area contributed by atoms with Crippen molar-refractivity contribution >= 4 is 40.1 Å². The van der Waals surface area contributed by atoms with Crippen molar-refractivity contribution in [3.63, 3.8) is 0 Å². The van der Waals surface area contributed by atoms with E-state index in [1.807, 2.05) is 72.7 Å². The highest BCUT2D eigenvalue weighted by Gasteiger charge is 2.44. The minimum atomic E-state index is -0.250. The van der Waals surface area contributed by atoms with E-state index >= 15 is 0 Å². The van der Waals surface area contributed by atoms with Gasteiger partial charge in [0.15, 0.2) is 0 Å². The van der Waals surface area contributed by atoms with Crippen LogP contribution in [0.15, 0.2) is 65.7 Å². The Bertz CT molecular complexity index is 1160. The Hall–Kier alpha value is -3.18. The molecule has 2 aliphatic rings. The number of rotatable bonds is 3. The molecule has 2 aliphatic heterocycles. The first kappa shape index (κ1) is 17.9. The lowest BCUT2D eigenvalue weighted by Gasteiger charge is -2.22. The summed E-state index contributed by atoms with van der Waals surface area (Å²) in [5.74, 6) is -0.498. The van der Waals surface area contributed by atoms with E-state index in [0.29, 0.717) is 23.5 Å². The van der Waals surface area contributed by atoms with Crippen LogP contribution in [0.1, 0.15) is 21.6 Å². The van der Waals surface area contributed by atoms with Gasteiger partial charge in [-0.05, 0) is 66.6 Å². The molecule has 144 valence electrons. The van der Waals surface area contributed by atoms with Gasteiger partial charge in [0.25, 0.3) is 11.8 Å². The molecule has 0 N–H and O–H groups in total. The van der Waals surface area contributed by atoms with E-state index in [-0.39, 0.29) is 11.8 Å². The van der Waals surface area contributed by atoms with Gasteiger partial charge in [-0.15, -0.1) is 11.3 Å². The zero-order valence-electron chi connectivity index (χ0n) is 16.3. The summed E-state index contributed by atoms with van der Waals surface area (Å²) in [5.41, 5.74) is 5.89. The fraction of sp³-hybridized carbons (Fsp3) is 0.167. The van der Waals surface area contributed by atoms with Crippen LogP contribution in [0.4, 0.5) is 11.4 Å². The zero-order valence-corrected chi connectivity index (χ0v) is 17.1. The number of imide groups is 1. The van der Waals surface area contributed by atoms with Crippen molar-refractivity contribution < 1.29 is 9.59 Å². The van der Waals surface area contributed by atoms with Gasteiger partial charge in [0.2, 0.25) is 0 Å². The number of carbonyl (C=O) groups is 2. The lowest BCUT2D eigenvalue weighted by Crippen LogP contribution is -2.35. The number of thiophene rings is 1. The normalized spacial score (nSPS) is 16.2. The maximum Gasteiger partial charge on any atom is 0.282 e. The van der Waals surface area contributed by atoms with E-state index in [0.717, 1.165) is 28.1 Å². The molecule has 0 saturated heterocycles. The Kier molecular flexibility index (Phi) is 4.14. The number of hydrogen-bond acceptors (Lipinski definition) is 4. The van der Waals surface area contributed by atoms with Crippen LogP contribution in [0.2, 0.25) is 0 Å². The average Bonchev–Trinajstić information content (AvgIpc) is 3.39. The Morgan fingerprint density at radius 1 is 0.897 bits per heavy atom. The molecule has 0 saturated carbocycles. The topological polar surface area (TPSA) is 40.6 Å². The summed E-state index contributed by atoms with van der Waals surface area (Å²) < 4.78 is 0. The first-order valence-corrected chi connectivity index (χ1v) is 10.5. The third kappa shape index (κ3) is 2.81. The van der Waals surface area contributed by atoms with Gasteiger partial charge in [-0.2, -0.15) is 0 Å². The molecule has 2 amide bonds. The van der Waals surface area contributed by atoms with Crippen LogP contribution in [-0.2, 0) is 16.0 Å². The summed E-state index contributed by atoms with van der Waals surface area (Å²) in [6.07, 6.45) is 0.864. The molecule has 0 spiro atoms. The maximum absolute atomic E-state index is 13.7. The Balaban J connectivity index is 1.68. The standard InChI is InChI=1S/C24H20N2O2S/c1-15-12-16(2)14-18(13-15)26-23(27)21(20-8-5-11-29-20)22(24(26)28)25-10-9-17-6-3-4-7-19(17)25/h3-8,11-14H,9-10H2,1-2H3. The maximum atomic E-state index is 13.7. The van der Waals surface area contributed by atoms with E-state index in [4.69, 9.17) is 0 Å². The van der Waals surface area contributed by atoms with Crippen molar-refractivity contribution in [3.8, 4) is 0 Å². The molecule has 0 aliphatic carbocycles. The van der Waals surface area contributed by atoms with Crippen molar-refractivity contribution in [2.45, 2.75) is 20.3 Å². The van der Waals surface area contributed by atoms with E-state index in [1.54, 1.807) is 0 Å². The molecule has 0 unspecified atom stereocenters. The smallest absolute Gasteiger partial charge is 0.282 e. The highest BCUT2D eigenvalue weighted by Crippen LogP contribution is 2.41.